The fourth-order valence-corrected chi connectivity index (χ4v) is 2.34. The van der Waals surface area contributed by atoms with Crippen LogP contribution in [0.4, 0.5) is 5.69 Å². The maximum absolute atomic E-state index is 11.3. The summed E-state index contributed by atoms with van der Waals surface area (Å²) in [6, 6.07) is 0. The minimum Gasteiger partial charge on any atom is -0.465 e. The predicted molar refractivity (Wildman–Crippen MR) is 69.0 cm³/mol. The first-order valence-electron chi connectivity index (χ1n) is 5.71. The largest absolute Gasteiger partial charge is 0.465 e. The van der Waals surface area contributed by atoms with Crippen molar-refractivity contribution in [2.45, 2.75) is 38.8 Å². The number of nitrogens with zero attached hydrogens (tertiary/aromatic N) is 2. The fourth-order valence-electron chi connectivity index (χ4n) is 1.42. The molecule has 0 bridgehead atoms. The van der Waals surface area contributed by atoms with Crippen LogP contribution in [0.2, 0.25) is 0 Å². The topological polar surface area (TPSA) is 70.1 Å². The summed E-state index contributed by atoms with van der Waals surface area (Å²) >= 11 is 1.38. The SMILES string of the molecule is CCCn1nc(C)c(N)c1SCC(=O)OCC. The average Bonchev–Trinajstić information content (AvgIpc) is 2.54. The molecule has 0 fully saturated rings. The Morgan fingerprint density at radius 3 is 2.82 bits per heavy atom. The molecule has 0 aliphatic carbocycles. The molecule has 0 aliphatic rings. The maximum Gasteiger partial charge on any atom is 0.316 e. The zero-order valence-corrected chi connectivity index (χ0v) is 11.3. The molecule has 0 atom stereocenters. The van der Waals surface area contributed by atoms with Gasteiger partial charge in [0.25, 0.3) is 0 Å². The first kappa shape index (κ1) is 13.9. The lowest BCUT2D eigenvalue weighted by Gasteiger charge is -2.06. The molecule has 1 aromatic heterocycles. The number of nitrogens with two attached hydrogens (primary N) is 1. The average molecular weight is 257 g/mol. The molecule has 0 radical (unpaired) electrons. The summed E-state index contributed by atoms with van der Waals surface area (Å²) in [5.74, 6) is 0.0474. The second-order valence-electron chi connectivity index (χ2n) is 3.62. The molecular formula is C11H19N3O2S. The van der Waals surface area contributed by atoms with Gasteiger partial charge < -0.3 is 10.5 Å². The van der Waals surface area contributed by atoms with Crippen molar-refractivity contribution in [2.24, 2.45) is 0 Å². The highest BCUT2D eigenvalue weighted by atomic mass is 32.2. The monoisotopic (exact) mass is 257 g/mol. The molecule has 96 valence electrons. The Kier molecular flexibility index (Phi) is 5.34. The van der Waals surface area contributed by atoms with Gasteiger partial charge in [0, 0.05) is 6.54 Å². The van der Waals surface area contributed by atoms with Crippen molar-refractivity contribution >= 4 is 23.4 Å². The van der Waals surface area contributed by atoms with Crippen molar-refractivity contribution in [1.29, 1.82) is 0 Å². The number of ether oxygens (including phenoxy) is 1. The van der Waals surface area contributed by atoms with E-state index in [0.717, 1.165) is 23.7 Å². The molecule has 1 rings (SSSR count). The zero-order valence-electron chi connectivity index (χ0n) is 10.5. The van der Waals surface area contributed by atoms with Crippen LogP contribution in [-0.2, 0) is 16.1 Å². The molecule has 0 aromatic carbocycles. The number of esters is 1. The Balaban J connectivity index is 2.71. The van der Waals surface area contributed by atoms with E-state index in [2.05, 4.69) is 12.0 Å². The lowest BCUT2D eigenvalue weighted by atomic mass is 10.4. The van der Waals surface area contributed by atoms with Crippen molar-refractivity contribution < 1.29 is 9.53 Å². The second kappa shape index (κ2) is 6.54. The van der Waals surface area contributed by atoms with Gasteiger partial charge in [-0.3, -0.25) is 9.48 Å². The van der Waals surface area contributed by atoms with Crippen LogP contribution in [0.15, 0.2) is 5.03 Å². The van der Waals surface area contributed by atoms with Gasteiger partial charge >= 0.3 is 5.97 Å². The minimum atomic E-state index is -0.223. The molecule has 6 heteroatoms. The fraction of sp³-hybridized carbons (Fsp3) is 0.636. The number of hydrogen-bond donors (Lipinski definition) is 1. The lowest BCUT2D eigenvalue weighted by Crippen LogP contribution is -2.08. The summed E-state index contributed by atoms with van der Waals surface area (Å²) in [5.41, 5.74) is 7.41. The smallest absolute Gasteiger partial charge is 0.316 e. The zero-order chi connectivity index (χ0) is 12.8. The number of hydrogen-bond acceptors (Lipinski definition) is 5. The van der Waals surface area contributed by atoms with Crippen molar-refractivity contribution in [2.75, 3.05) is 18.1 Å². The molecule has 1 aromatic rings. The number of aromatic nitrogens is 2. The molecule has 0 spiro atoms. The summed E-state index contributed by atoms with van der Waals surface area (Å²) in [6.45, 7) is 6.96. The molecule has 5 nitrogen and oxygen atoms in total. The Hall–Kier alpha value is -1.17. The van der Waals surface area contributed by atoms with E-state index in [1.165, 1.54) is 11.8 Å². The van der Waals surface area contributed by atoms with Crippen LogP contribution in [0, 0.1) is 6.92 Å². The van der Waals surface area contributed by atoms with Gasteiger partial charge in [0.2, 0.25) is 0 Å². The number of nitrogen functional groups attached to an aromatic ring is 1. The quantitative estimate of drug-likeness (QED) is 0.622. The van der Waals surface area contributed by atoms with Gasteiger partial charge in [0.05, 0.1) is 23.7 Å². The van der Waals surface area contributed by atoms with E-state index in [1.807, 2.05) is 11.6 Å². The molecule has 0 saturated carbocycles. The highest BCUT2D eigenvalue weighted by Gasteiger charge is 2.14. The number of carbonyl (C=O) groups excluding carboxylic acids is 1. The minimum absolute atomic E-state index is 0.223. The molecule has 0 amide bonds. The number of rotatable bonds is 6. The molecule has 1 heterocycles. The van der Waals surface area contributed by atoms with E-state index < -0.39 is 0 Å². The van der Waals surface area contributed by atoms with E-state index in [4.69, 9.17) is 10.5 Å². The predicted octanol–water partition coefficient (Wildman–Crippen LogP) is 1.84. The van der Waals surface area contributed by atoms with Crippen molar-refractivity contribution in [3.05, 3.63) is 5.69 Å². The Morgan fingerprint density at radius 1 is 1.53 bits per heavy atom. The van der Waals surface area contributed by atoms with Gasteiger partial charge in [-0.2, -0.15) is 5.10 Å². The highest BCUT2D eigenvalue weighted by molar-refractivity contribution is 8.00. The summed E-state index contributed by atoms with van der Waals surface area (Å²) < 4.78 is 6.74. The van der Waals surface area contributed by atoms with Gasteiger partial charge in [-0.1, -0.05) is 18.7 Å². The van der Waals surface area contributed by atoms with Crippen molar-refractivity contribution in [3.63, 3.8) is 0 Å². The van der Waals surface area contributed by atoms with Crippen LogP contribution < -0.4 is 5.73 Å². The molecule has 0 saturated heterocycles. The van der Waals surface area contributed by atoms with E-state index in [1.54, 1.807) is 6.92 Å². The van der Waals surface area contributed by atoms with E-state index in [9.17, 15) is 4.79 Å². The van der Waals surface area contributed by atoms with Gasteiger partial charge in [0.15, 0.2) is 0 Å². The summed E-state index contributed by atoms with van der Waals surface area (Å²) in [6.07, 6.45) is 0.980. The van der Waals surface area contributed by atoms with E-state index >= 15 is 0 Å². The molecular weight excluding hydrogens is 238 g/mol. The number of thioether (sulfide) groups is 1. The van der Waals surface area contributed by atoms with Crippen molar-refractivity contribution in [3.8, 4) is 0 Å². The van der Waals surface area contributed by atoms with Gasteiger partial charge in [-0.15, -0.1) is 0 Å². The van der Waals surface area contributed by atoms with Crippen LogP contribution in [-0.4, -0.2) is 28.1 Å². The second-order valence-corrected chi connectivity index (χ2v) is 4.59. The third-order valence-electron chi connectivity index (χ3n) is 2.19. The van der Waals surface area contributed by atoms with E-state index in [-0.39, 0.29) is 11.7 Å². The van der Waals surface area contributed by atoms with Crippen LogP contribution in [0.5, 0.6) is 0 Å². The van der Waals surface area contributed by atoms with Crippen LogP contribution in [0.25, 0.3) is 0 Å². The Morgan fingerprint density at radius 2 is 2.24 bits per heavy atom. The summed E-state index contributed by atoms with van der Waals surface area (Å²) in [7, 11) is 0. The first-order chi connectivity index (χ1) is 8.10. The number of aryl methyl sites for hydroxylation is 2. The standard InChI is InChI=1S/C11H19N3O2S/c1-4-6-14-11(10(12)8(3)13-14)17-7-9(15)16-5-2/h4-7,12H2,1-3H3. The molecule has 0 unspecified atom stereocenters. The van der Waals surface area contributed by atoms with Gasteiger partial charge in [-0.05, 0) is 20.3 Å². The molecule has 2 N–H and O–H groups in total. The maximum atomic E-state index is 11.3. The van der Waals surface area contributed by atoms with Crippen LogP contribution in [0.3, 0.4) is 0 Å². The third-order valence-corrected chi connectivity index (χ3v) is 3.28. The first-order valence-corrected chi connectivity index (χ1v) is 6.70. The number of anilines is 1. The van der Waals surface area contributed by atoms with Crippen LogP contribution >= 0.6 is 11.8 Å². The summed E-state index contributed by atoms with van der Waals surface area (Å²) in [5, 5.41) is 5.20. The Bertz CT molecular complexity index is 390. The molecule has 0 aliphatic heterocycles. The van der Waals surface area contributed by atoms with Gasteiger partial charge in [0.1, 0.15) is 5.03 Å². The number of carbonyl (C=O) groups is 1. The summed E-state index contributed by atoms with van der Waals surface area (Å²) in [4.78, 5) is 11.3. The normalized spacial score (nSPS) is 10.5. The lowest BCUT2D eigenvalue weighted by molar-refractivity contribution is -0.139. The highest BCUT2D eigenvalue weighted by Crippen LogP contribution is 2.27. The molecule has 17 heavy (non-hydrogen) atoms. The van der Waals surface area contributed by atoms with E-state index in [0.29, 0.717) is 12.3 Å². The third kappa shape index (κ3) is 3.66. The van der Waals surface area contributed by atoms with Crippen molar-refractivity contribution in [1.82, 2.24) is 9.78 Å². The van der Waals surface area contributed by atoms with Crippen LogP contribution in [0.1, 0.15) is 26.0 Å². The Labute approximate surface area is 106 Å². The van der Waals surface area contributed by atoms with Gasteiger partial charge in [-0.25, -0.2) is 0 Å².